The van der Waals surface area contributed by atoms with Crippen molar-refractivity contribution in [1.82, 2.24) is 5.32 Å². The van der Waals surface area contributed by atoms with Crippen LogP contribution in [0.2, 0.25) is 0 Å². The normalized spacial score (nSPS) is 9.94. The maximum atomic E-state index is 3.86. The van der Waals surface area contributed by atoms with Gasteiger partial charge in [-0.25, -0.2) is 0 Å². The van der Waals surface area contributed by atoms with Crippen LogP contribution in [0.15, 0.2) is 66.9 Å². The number of hydrogen-bond acceptors (Lipinski definition) is 1. The quantitative estimate of drug-likeness (QED) is 0.826. The molecule has 0 aliphatic heterocycles. The van der Waals surface area contributed by atoms with Crippen LogP contribution in [-0.2, 0) is 6.54 Å². The summed E-state index contributed by atoms with van der Waals surface area (Å²) in [6.45, 7) is 6.66. The number of nitrogens with one attached hydrogen (secondary N) is 1. The van der Waals surface area contributed by atoms with Gasteiger partial charge in [0.2, 0.25) is 0 Å². The van der Waals surface area contributed by atoms with E-state index in [1.54, 1.807) is 0 Å². The van der Waals surface area contributed by atoms with Gasteiger partial charge in [0, 0.05) is 12.2 Å². The van der Waals surface area contributed by atoms with Gasteiger partial charge in [0.05, 0.1) is 0 Å². The molecule has 17 heavy (non-hydrogen) atoms. The van der Waals surface area contributed by atoms with E-state index in [4.69, 9.17) is 0 Å². The Balaban J connectivity index is 2.31. The Hall–Kier alpha value is -2.02. The van der Waals surface area contributed by atoms with Crippen LogP contribution < -0.4 is 5.32 Å². The van der Waals surface area contributed by atoms with E-state index in [0.29, 0.717) is 0 Å². The highest BCUT2D eigenvalue weighted by molar-refractivity contribution is 5.67. The van der Waals surface area contributed by atoms with Gasteiger partial charge in [-0.15, -0.1) is 0 Å². The second-order valence-electron chi connectivity index (χ2n) is 4.16. The molecule has 0 spiro atoms. The van der Waals surface area contributed by atoms with Crippen LogP contribution in [0.4, 0.5) is 0 Å². The summed E-state index contributed by atoms with van der Waals surface area (Å²) in [6, 6.07) is 18.9. The Kier molecular flexibility index (Phi) is 3.61. The summed E-state index contributed by atoms with van der Waals surface area (Å²) in [5.74, 6) is 0. The van der Waals surface area contributed by atoms with Gasteiger partial charge in [-0.05, 0) is 23.6 Å². The molecule has 0 amide bonds. The van der Waals surface area contributed by atoms with Crippen LogP contribution in [0, 0.1) is 0 Å². The van der Waals surface area contributed by atoms with Gasteiger partial charge >= 0.3 is 0 Å². The van der Waals surface area contributed by atoms with E-state index in [-0.39, 0.29) is 0 Å². The first kappa shape index (κ1) is 11.5. The van der Waals surface area contributed by atoms with E-state index in [2.05, 4.69) is 60.4 Å². The largest absolute Gasteiger partial charge is 0.385 e. The first-order valence-electron chi connectivity index (χ1n) is 5.80. The van der Waals surface area contributed by atoms with Crippen molar-refractivity contribution >= 4 is 0 Å². The lowest BCUT2D eigenvalue weighted by atomic mass is 10.00. The first-order valence-corrected chi connectivity index (χ1v) is 5.80. The average Bonchev–Trinajstić information content (AvgIpc) is 2.38. The summed E-state index contributed by atoms with van der Waals surface area (Å²) in [5, 5.41) is 3.28. The lowest BCUT2D eigenvalue weighted by Crippen LogP contribution is -2.10. The molecule has 0 heterocycles. The second-order valence-corrected chi connectivity index (χ2v) is 4.16. The molecule has 0 bridgehead atoms. The van der Waals surface area contributed by atoms with E-state index in [9.17, 15) is 0 Å². The Morgan fingerprint density at radius 1 is 1.00 bits per heavy atom. The molecule has 0 saturated carbocycles. The van der Waals surface area contributed by atoms with E-state index < -0.39 is 0 Å². The molecule has 0 aliphatic rings. The highest BCUT2D eigenvalue weighted by atomic mass is 14.9. The minimum atomic E-state index is 0.820. The molecule has 0 atom stereocenters. The molecule has 0 saturated heterocycles. The third-order valence-electron chi connectivity index (χ3n) is 2.68. The summed E-state index contributed by atoms with van der Waals surface area (Å²) in [6.07, 6.45) is 0. The minimum absolute atomic E-state index is 0.820. The zero-order valence-electron chi connectivity index (χ0n) is 10.1. The molecular formula is C16H17N. The van der Waals surface area contributed by atoms with Crippen molar-refractivity contribution in [3.05, 3.63) is 72.4 Å². The highest BCUT2D eigenvalue weighted by Gasteiger charge is 2.03. The average molecular weight is 223 g/mol. The van der Waals surface area contributed by atoms with Crippen LogP contribution in [0.3, 0.4) is 0 Å². The third kappa shape index (κ3) is 2.97. The molecule has 0 fully saturated rings. The first-order chi connectivity index (χ1) is 8.27. The second kappa shape index (κ2) is 5.35. The molecule has 0 unspecified atom stereocenters. The summed E-state index contributed by atoms with van der Waals surface area (Å²) in [4.78, 5) is 0. The Labute approximate surface area is 103 Å². The topological polar surface area (TPSA) is 12.0 Å². The van der Waals surface area contributed by atoms with Gasteiger partial charge in [0.25, 0.3) is 0 Å². The predicted octanol–water partition coefficient (Wildman–Crippen LogP) is 3.98. The van der Waals surface area contributed by atoms with Crippen LogP contribution in [-0.4, -0.2) is 0 Å². The number of allylic oxidation sites excluding steroid dienone is 1. The van der Waals surface area contributed by atoms with Crippen molar-refractivity contribution in [1.29, 1.82) is 0 Å². The Morgan fingerprint density at radius 3 is 2.35 bits per heavy atom. The van der Waals surface area contributed by atoms with Crippen molar-refractivity contribution in [3.8, 4) is 11.1 Å². The number of hydrogen-bond donors (Lipinski definition) is 1. The lowest BCUT2D eigenvalue weighted by molar-refractivity contribution is 0.817. The molecule has 2 aromatic rings. The van der Waals surface area contributed by atoms with E-state index >= 15 is 0 Å². The van der Waals surface area contributed by atoms with Gasteiger partial charge in [0.1, 0.15) is 0 Å². The summed E-state index contributed by atoms with van der Waals surface area (Å²) in [7, 11) is 0. The predicted molar refractivity (Wildman–Crippen MR) is 73.5 cm³/mol. The number of benzene rings is 2. The molecule has 86 valence electrons. The monoisotopic (exact) mass is 223 g/mol. The fourth-order valence-electron chi connectivity index (χ4n) is 1.82. The molecule has 2 aromatic carbocycles. The Bertz CT molecular complexity index is 500. The SMILES string of the molecule is C=C(C)NCc1ccccc1-c1ccccc1. The molecule has 1 heteroatoms. The fourth-order valence-corrected chi connectivity index (χ4v) is 1.82. The van der Waals surface area contributed by atoms with E-state index in [1.807, 2.05) is 13.0 Å². The van der Waals surface area contributed by atoms with Gasteiger partial charge < -0.3 is 5.32 Å². The fraction of sp³-hybridized carbons (Fsp3) is 0.125. The molecular weight excluding hydrogens is 206 g/mol. The summed E-state index contributed by atoms with van der Waals surface area (Å²) < 4.78 is 0. The number of rotatable bonds is 4. The highest BCUT2D eigenvalue weighted by Crippen LogP contribution is 2.23. The standard InChI is InChI=1S/C16H17N/c1-13(2)17-12-15-10-6-7-11-16(15)14-8-4-3-5-9-14/h3-11,17H,1,12H2,2H3. The maximum absolute atomic E-state index is 3.86. The maximum Gasteiger partial charge on any atom is 0.0403 e. The van der Waals surface area contributed by atoms with E-state index in [1.165, 1.54) is 16.7 Å². The van der Waals surface area contributed by atoms with Crippen molar-refractivity contribution in [3.63, 3.8) is 0 Å². The molecule has 2 rings (SSSR count). The van der Waals surface area contributed by atoms with Gasteiger partial charge in [-0.3, -0.25) is 0 Å². The molecule has 0 radical (unpaired) electrons. The van der Waals surface area contributed by atoms with Crippen molar-refractivity contribution < 1.29 is 0 Å². The van der Waals surface area contributed by atoms with Crippen LogP contribution in [0.25, 0.3) is 11.1 Å². The third-order valence-corrected chi connectivity index (χ3v) is 2.68. The summed E-state index contributed by atoms with van der Waals surface area (Å²) >= 11 is 0. The molecule has 0 aliphatic carbocycles. The molecule has 1 N–H and O–H groups in total. The smallest absolute Gasteiger partial charge is 0.0403 e. The van der Waals surface area contributed by atoms with Crippen LogP contribution in [0.5, 0.6) is 0 Å². The minimum Gasteiger partial charge on any atom is -0.385 e. The lowest BCUT2D eigenvalue weighted by Gasteiger charge is -2.11. The van der Waals surface area contributed by atoms with Crippen LogP contribution >= 0.6 is 0 Å². The zero-order chi connectivity index (χ0) is 12.1. The van der Waals surface area contributed by atoms with Gasteiger partial charge in [-0.2, -0.15) is 0 Å². The molecule has 1 nitrogen and oxygen atoms in total. The zero-order valence-corrected chi connectivity index (χ0v) is 10.1. The van der Waals surface area contributed by atoms with Gasteiger partial charge in [0.15, 0.2) is 0 Å². The van der Waals surface area contributed by atoms with Crippen molar-refractivity contribution in [2.75, 3.05) is 0 Å². The Morgan fingerprint density at radius 2 is 1.65 bits per heavy atom. The van der Waals surface area contributed by atoms with Crippen molar-refractivity contribution in [2.45, 2.75) is 13.5 Å². The summed E-state index contributed by atoms with van der Waals surface area (Å²) in [5.41, 5.74) is 4.82. The van der Waals surface area contributed by atoms with Crippen LogP contribution in [0.1, 0.15) is 12.5 Å². The van der Waals surface area contributed by atoms with E-state index in [0.717, 1.165) is 12.2 Å². The van der Waals surface area contributed by atoms with Crippen molar-refractivity contribution in [2.24, 2.45) is 0 Å². The molecule has 0 aromatic heterocycles. The van der Waals surface area contributed by atoms with Gasteiger partial charge in [-0.1, -0.05) is 61.2 Å².